The number of rotatable bonds is 42. The Balaban J connectivity index is 4.01. The molecule has 0 bridgehead atoms. The zero-order valence-corrected chi connectivity index (χ0v) is 34.5. The summed E-state index contributed by atoms with van der Waals surface area (Å²) in [6.45, 7) is 4.94. The fraction of sp³-hybridized carbons (Fsp3) is 0.929. The Hall–Kier alpha value is -0.760. The molecule has 304 valence electrons. The first-order valence-corrected chi connectivity index (χ1v) is 23.2. The summed E-state index contributed by atoms with van der Waals surface area (Å²) in [5, 5.41) is 0. The van der Waals surface area contributed by atoms with Crippen LogP contribution in [0.5, 0.6) is 0 Å². The Morgan fingerprint density at radius 2 is 0.980 bits per heavy atom. The van der Waals surface area contributed by atoms with Gasteiger partial charge in [0.1, 0.15) is 6.10 Å². The van der Waals surface area contributed by atoms with Crippen molar-refractivity contribution in [1.82, 2.24) is 0 Å². The highest BCUT2D eigenvalue weighted by Gasteiger charge is 2.25. The third-order valence-corrected chi connectivity index (χ3v) is 10.4. The van der Waals surface area contributed by atoms with Gasteiger partial charge in [0, 0.05) is 19.6 Å². The van der Waals surface area contributed by atoms with Gasteiger partial charge in [-0.25, -0.2) is 4.57 Å². The molecule has 0 spiro atoms. The fourth-order valence-corrected chi connectivity index (χ4v) is 6.99. The first kappa shape index (κ1) is 50.2. The second-order valence-corrected chi connectivity index (χ2v) is 16.0. The van der Waals surface area contributed by atoms with Crippen LogP contribution in [0.15, 0.2) is 12.2 Å². The Kier molecular flexibility index (Phi) is 39.8. The van der Waals surface area contributed by atoms with Gasteiger partial charge in [-0.05, 0) is 38.5 Å². The largest absolute Gasteiger partial charge is 0.472 e. The lowest BCUT2D eigenvalue weighted by Gasteiger charge is -2.20. The highest BCUT2D eigenvalue weighted by Crippen LogP contribution is 2.43. The highest BCUT2D eigenvalue weighted by molar-refractivity contribution is 7.47. The molecule has 0 aromatic carbocycles. The van der Waals surface area contributed by atoms with Crippen molar-refractivity contribution >= 4 is 13.8 Å². The van der Waals surface area contributed by atoms with E-state index in [0.29, 0.717) is 13.0 Å². The molecule has 0 radical (unpaired) electrons. The number of phosphoric ester groups is 1. The second-order valence-electron chi connectivity index (χ2n) is 14.6. The van der Waals surface area contributed by atoms with Gasteiger partial charge < -0.3 is 20.1 Å². The summed E-state index contributed by atoms with van der Waals surface area (Å²) in [4.78, 5) is 22.5. The van der Waals surface area contributed by atoms with E-state index in [2.05, 4.69) is 26.0 Å². The molecular weight excluding hydrogens is 661 g/mol. The standard InChI is InChI=1S/C42H84NO7P/c1-3-5-7-9-11-13-15-17-19-21-23-25-27-29-31-33-35-42(44)50-41(40-49-51(45,46)48-38-36-43)39-47-37-34-32-30-28-26-24-22-20-18-16-14-12-10-8-6-4-2/h18,20,41H,3-17,19,21-40,43H2,1-2H3,(H,45,46)/b20-18-. The van der Waals surface area contributed by atoms with Gasteiger partial charge in [0.25, 0.3) is 0 Å². The van der Waals surface area contributed by atoms with Gasteiger partial charge in [0.2, 0.25) is 0 Å². The fourth-order valence-electron chi connectivity index (χ4n) is 6.23. The van der Waals surface area contributed by atoms with Crippen LogP contribution in [0.1, 0.15) is 213 Å². The van der Waals surface area contributed by atoms with E-state index in [4.69, 9.17) is 24.3 Å². The van der Waals surface area contributed by atoms with Gasteiger partial charge in [-0.1, -0.05) is 180 Å². The molecule has 0 fully saturated rings. The molecule has 8 nitrogen and oxygen atoms in total. The SMILES string of the molecule is CCCCCCCC/C=C\CCCCCCCCOCC(COP(=O)(O)OCCN)OC(=O)CCCCCCCCCCCCCCCCCC. The molecule has 0 saturated heterocycles. The van der Waals surface area contributed by atoms with Crippen molar-refractivity contribution in [3.63, 3.8) is 0 Å². The maximum Gasteiger partial charge on any atom is 0.472 e. The van der Waals surface area contributed by atoms with E-state index in [1.165, 1.54) is 161 Å². The van der Waals surface area contributed by atoms with E-state index in [1.807, 2.05) is 0 Å². The van der Waals surface area contributed by atoms with Gasteiger partial charge >= 0.3 is 13.8 Å². The number of hydrogen-bond donors (Lipinski definition) is 2. The number of esters is 1. The number of ether oxygens (including phenoxy) is 2. The van der Waals surface area contributed by atoms with Crippen LogP contribution < -0.4 is 5.73 Å². The van der Waals surface area contributed by atoms with Crippen LogP contribution in [0.25, 0.3) is 0 Å². The van der Waals surface area contributed by atoms with Gasteiger partial charge in [-0.3, -0.25) is 13.8 Å². The summed E-state index contributed by atoms with van der Waals surface area (Å²) in [6, 6.07) is 0. The molecule has 0 heterocycles. The van der Waals surface area contributed by atoms with Gasteiger partial charge in [-0.2, -0.15) is 0 Å². The number of phosphoric acid groups is 1. The Morgan fingerprint density at radius 3 is 1.43 bits per heavy atom. The number of nitrogens with two attached hydrogens (primary N) is 1. The topological polar surface area (TPSA) is 117 Å². The van der Waals surface area contributed by atoms with Crippen molar-refractivity contribution in [3.8, 4) is 0 Å². The van der Waals surface area contributed by atoms with E-state index in [0.717, 1.165) is 32.1 Å². The van der Waals surface area contributed by atoms with Crippen LogP contribution >= 0.6 is 7.82 Å². The summed E-state index contributed by atoms with van der Waals surface area (Å²) in [5.41, 5.74) is 5.37. The first-order chi connectivity index (χ1) is 24.9. The lowest BCUT2D eigenvalue weighted by Crippen LogP contribution is -2.28. The van der Waals surface area contributed by atoms with Crippen LogP contribution in [-0.4, -0.2) is 49.9 Å². The minimum Gasteiger partial charge on any atom is -0.457 e. The van der Waals surface area contributed by atoms with E-state index >= 15 is 0 Å². The Morgan fingerprint density at radius 1 is 0.569 bits per heavy atom. The van der Waals surface area contributed by atoms with Crippen molar-refractivity contribution in [2.45, 2.75) is 219 Å². The number of unbranched alkanes of at least 4 members (excludes halogenated alkanes) is 27. The third kappa shape index (κ3) is 40.3. The van der Waals surface area contributed by atoms with Crippen molar-refractivity contribution in [2.75, 3.05) is 33.0 Å². The van der Waals surface area contributed by atoms with Gasteiger partial charge in [-0.15, -0.1) is 0 Å². The molecule has 2 unspecified atom stereocenters. The number of allylic oxidation sites excluding steroid dienone is 2. The minimum absolute atomic E-state index is 0.0933. The number of carbonyl (C=O) groups excluding carboxylic acids is 1. The molecule has 0 aromatic heterocycles. The first-order valence-electron chi connectivity index (χ1n) is 21.7. The highest BCUT2D eigenvalue weighted by atomic mass is 31.2. The average Bonchev–Trinajstić information content (AvgIpc) is 3.12. The van der Waals surface area contributed by atoms with Crippen LogP contribution in [0, 0.1) is 0 Å². The van der Waals surface area contributed by atoms with Crippen molar-refractivity contribution < 1.29 is 32.8 Å². The van der Waals surface area contributed by atoms with Crippen LogP contribution in [0.2, 0.25) is 0 Å². The predicted molar refractivity (Wildman–Crippen MR) is 215 cm³/mol. The quantitative estimate of drug-likeness (QED) is 0.0274. The van der Waals surface area contributed by atoms with E-state index in [9.17, 15) is 14.3 Å². The van der Waals surface area contributed by atoms with Crippen LogP contribution in [0.4, 0.5) is 0 Å². The second kappa shape index (κ2) is 40.4. The lowest BCUT2D eigenvalue weighted by molar-refractivity contribution is -0.154. The van der Waals surface area contributed by atoms with Crippen molar-refractivity contribution in [1.29, 1.82) is 0 Å². The van der Waals surface area contributed by atoms with Crippen molar-refractivity contribution in [2.24, 2.45) is 5.73 Å². The molecule has 0 saturated carbocycles. The monoisotopic (exact) mass is 746 g/mol. The minimum atomic E-state index is -4.27. The van der Waals surface area contributed by atoms with E-state index in [1.54, 1.807) is 0 Å². The molecule has 3 N–H and O–H groups in total. The maximum absolute atomic E-state index is 12.6. The van der Waals surface area contributed by atoms with Gasteiger partial charge in [0.05, 0.1) is 19.8 Å². The molecule has 0 aliphatic heterocycles. The molecule has 0 rings (SSSR count). The molecule has 2 atom stereocenters. The summed E-state index contributed by atoms with van der Waals surface area (Å²) in [6.07, 6.45) is 42.2. The average molecular weight is 746 g/mol. The molecule has 51 heavy (non-hydrogen) atoms. The summed E-state index contributed by atoms with van der Waals surface area (Å²) >= 11 is 0. The normalized spacial score (nSPS) is 13.6. The maximum atomic E-state index is 12.6. The molecule has 0 aromatic rings. The molecule has 0 aliphatic rings. The summed E-state index contributed by atoms with van der Waals surface area (Å²) in [7, 11) is -4.27. The summed E-state index contributed by atoms with van der Waals surface area (Å²) in [5.74, 6) is -0.328. The summed E-state index contributed by atoms with van der Waals surface area (Å²) < 4.78 is 33.4. The van der Waals surface area contributed by atoms with Crippen molar-refractivity contribution in [3.05, 3.63) is 12.2 Å². The molecule has 9 heteroatoms. The predicted octanol–water partition coefficient (Wildman–Crippen LogP) is 12.7. The third-order valence-electron chi connectivity index (χ3n) is 9.43. The Labute approximate surface area is 315 Å². The number of hydrogen-bond acceptors (Lipinski definition) is 7. The lowest BCUT2D eigenvalue weighted by atomic mass is 10.0. The zero-order chi connectivity index (χ0) is 37.4. The Bertz CT molecular complexity index is 797. The number of carbonyl (C=O) groups is 1. The van der Waals surface area contributed by atoms with Crippen LogP contribution in [0.3, 0.4) is 0 Å². The van der Waals surface area contributed by atoms with E-state index in [-0.39, 0.29) is 32.3 Å². The van der Waals surface area contributed by atoms with E-state index < -0.39 is 13.9 Å². The zero-order valence-electron chi connectivity index (χ0n) is 33.6. The van der Waals surface area contributed by atoms with Crippen LogP contribution in [-0.2, 0) is 27.9 Å². The smallest absolute Gasteiger partial charge is 0.457 e. The molecular formula is C42H84NO7P. The molecule has 0 aliphatic carbocycles. The van der Waals surface area contributed by atoms with Gasteiger partial charge in [0.15, 0.2) is 0 Å². The molecule has 0 amide bonds.